The van der Waals surface area contributed by atoms with E-state index in [1.54, 1.807) is 11.3 Å². The number of aromatic nitrogens is 3. The molecule has 0 fully saturated rings. The Morgan fingerprint density at radius 3 is 2.75 bits per heavy atom. The Morgan fingerprint density at radius 1 is 1.12 bits per heavy atom. The van der Waals surface area contributed by atoms with Gasteiger partial charge in [0.05, 0.1) is 4.53 Å². The maximum absolute atomic E-state index is 12.5. The zero-order valence-electron chi connectivity index (χ0n) is 12.2. The largest absolute Gasteiger partial charge is 0.291 e. The van der Waals surface area contributed by atoms with Crippen molar-refractivity contribution in [2.75, 3.05) is 0 Å². The van der Waals surface area contributed by atoms with Crippen LogP contribution in [0.1, 0.15) is 16.3 Å². The van der Waals surface area contributed by atoms with Gasteiger partial charge in [0.2, 0.25) is 4.96 Å². The van der Waals surface area contributed by atoms with Crippen molar-refractivity contribution in [3.8, 4) is 0 Å². The molecule has 4 aromatic rings. The lowest BCUT2D eigenvalue weighted by molar-refractivity contribution is 0.925. The Balaban J connectivity index is 1.74. The maximum Gasteiger partial charge on any atom is 0.291 e. The third-order valence-corrected chi connectivity index (χ3v) is 5.85. The fraction of sp³-hybridized carbons (Fsp3) is 0. The molecule has 0 N–H and O–H groups in total. The third-order valence-electron chi connectivity index (χ3n) is 3.33. The van der Waals surface area contributed by atoms with Crippen LogP contribution in [0.15, 0.2) is 51.0 Å². The number of nitrogens with zero attached hydrogens (tertiary/aromatic N) is 3. The lowest BCUT2D eigenvalue weighted by atomic mass is 10.2. The minimum atomic E-state index is -0.144. The van der Waals surface area contributed by atoms with Gasteiger partial charge in [-0.15, -0.1) is 16.4 Å². The van der Waals surface area contributed by atoms with Gasteiger partial charge >= 0.3 is 0 Å². The highest BCUT2D eigenvalue weighted by Crippen LogP contribution is 2.16. The zero-order chi connectivity index (χ0) is 16.5. The van der Waals surface area contributed by atoms with Gasteiger partial charge in [-0.25, -0.2) is 0 Å². The summed E-state index contributed by atoms with van der Waals surface area (Å²) in [4.78, 5) is 18.6. The molecule has 24 heavy (non-hydrogen) atoms. The molecule has 3 aromatic heterocycles. The summed E-state index contributed by atoms with van der Waals surface area (Å²) in [5.74, 6) is 0.541. The van der Waals surface area contributed by atoms with Crippen LogP contribution in [0.4, 0.5) is 0 Å². The second-order valence-corrected chi connectivity index (χ2v) is 7.79. The number of hydrogen-bond acceptors (Lipinski definition) is 5. The van der Waals surface area contributed by atoms with E-state index in [4.69, 9.17) is 0 Å². The van der Waals surface area contributed by atoms with Crippen LogP contribution < -0.4 is 10.1 Å². The summed E-state index contributed by atoms with van der Waals surface area (Å²) >= 11 is 6.47. The van der Waals surface area contributed by atoms with Gasteiger partial charge in [0, 0.05) is 9.35 Å². The molecular formula is C17H10BrN3OS2. The van der Waals surface area contributed by atoms with Crippen molar-refractivity contribution < 1.29 is 0 Å². The van der Waals surface area contributed by atoms with E-state index in [1.165, 1.54) is 15.9 Å². The highest BCUT2D eigenvalue weighted by molar-refractivity contribution is 9.10. The summed E-state index contributed by atoms with van der Waals surface area (Å²) in [6, 6.07) is 11.8. The van der Waals surface area contributed by atoms with Gasteiger partial charge in [0.25, 0.3) is 5.56 Å². The molecule has 0 saturated heterocycles. The molecule has 0 spiro atoms. The Kier molecular flexibility index (Phi) is 4.13. The summed E-state index contributed by atoms with van der Waals surface area (Å²) in [7, 11) is 0. The van der Waals surface area contributed by atoms with Crippen LogP contribution in [-0.2, 0) is 0 Å². The van der Waals surface area contributed by atoms with Gasteiger partial charge in [-0.05, 0) is 41.3 Å². The van der Waals surface area contributed by atoms with Crippen LogP contribution >= 0.6 is 38.6 Å². The molecule has 0 aliphatic rings. The van der Waals surface area contributed by atoms with Crippen LogP contribution in [0.5, 0.6) is 0 Å². The molecule has 118 valence electrons. The first kappa shape index (κ1) is 15.4. The summed E-state index contributed by atoms with van der Waals surface area (Å²) in [5.41, 5.74) is 0.811. The molecule has 0 atom stereocenters. The number of rotatable bonds is 3. The van der Waals surface area contributed by atoms with Crippen molar-refractivity contribution in [2.45, 2.75) is 0 Å². The average Bonchev–Trinajstić information content (AvgIpc) is 3.27. The lowest BCUT2D eigenvalue weighted by Crippen LogP contribution is -2.23. The summed E-state index contributed by atoms with van der Waals surface area (Å²) in [5, 5.41) is 6.30. The smallest absolute Gasteiger partial charge is 0.266 e. The van der Waals surface area contributed by atoms with E-state index in [0.717, 1.165) is 14.9 Å². The highest BCUT2D eigenvalue weighted by Gasteiger charge is 2.09. The quantitative estimate of drug-likeness (QED) is 0.512. The standard InChI is InChI=1S/C17H10BrN3OS2/c18-13-6-2-1-4-11(13)10-14-16(22)21-17(24-14)19-15(20-21)8-7-12-5-3-9-23-12/h1-10H/b8-7+,14-10-. The average molecular weight is 416 g/mol. The predicted molar refractivity (Wildman–Crippen MR) is 103 cm³/mol. The molecule has 0 aliphatic carbocycles. The van der Waals surface area contributed by atoms with Crippen molar-refractivity contribution in [1.82, 2.24) is 14.6 Å². The number of fused-ring (bicyclic) bond motifs is 1. The van der Waals surface area contributed by atoms with E-state index >= 15 is 0 Å². The second-order valence-electron chi connectivity index (χ2n) is 4.95. The van der Waals surface area contributed by atoms with Crippen molar-refractivity contribution in [2.24, 2.45) is 0 Å². The monoisotopic (exact) mass is 415 g/mol. The fourth-order valence-electron chi connectivity index (χ4n) is 2.20. The molecule has 3 heterocycles. The van der Waals surface area contributed by atoms with Gasteiger partial charge in [0.15, 0.2) is 5.82 Å². The molecule has 0 radical (unpaired) electrons. The zero-order valence-corrected chi connectivity index (χ0v) is 15.4. The van der Waals surface area contributed by atoms with Crippen molar-refractivity contribution in [1.29, 1.82) is 0 Å². The number of benzene rings is 1. The van der Waals surface area contributed by atoms with Crippen LogP contribution in [-0.4, -0.2) is 14.6 Å². The number of halogens is 1. The first-order valence-corrected chi connectivity index (χ1v) is 9.57. The molecule has 0 saturated carbocycles. The molecule has 1 aromatic carbocycles. The van der Waals surface area contributed by atoms with E-state index in [-0.39, 0.29) is 5.56 Å². The Labute approximate surface area is 153 Å². The van der Waals surface area contributed by atoms with E-state index < -0.39 is 0 Å². The number of hydrogen-bond donors (Lipinski definition) is 0. The first-order chi connectivity index (χ1) is 11.7. The molecule has 0 bridgehead atoms. The highest BCUT2D eigenvalue weighted by atomic mass is 79.9. The Morgan fingerprint density at radius 2 is 2.00 bits per heavy atom. The van der Waals surface area contributed by atoms with Gasteiger partial charge in [-0.3, -0.25) is 4.79 Å². The summed E-state index contributed by atoms with van der Waals surface area (Å²) in [6.07, 6.45) is 5.62. The lowest BCUT2D eigenvalue weighted by Gasteiger charge is -1.94. The van der Waals surface area contributed by atoms with Crippen molar-refractivity contribution in [3.63, 3.8) is 0 Å². The molecular weight excluding hydrogens is 406 g/mol. The second kappa shape index (κ2) is 6.43. The SMILES string of the molecule is O=c1/c(=C/c2ccccc2Br)sc2nc(/C=C/c3cccs3)nn12. The molecule has 0 unspecified atom stereocenters. The minimum Gasteiger partial charge on any atom is -0.266 e. The van der Waals surface area contributed by atoms with E-state index in [9.17, 15) is 4.79 Å². The van der Waals surface area contributed by atoms with Crippen molar-refractivity contribution >= 4 is 61.8 Å². The van der Waals surface area contributed by atoms with Gasteiger partial charge in [0.1, 0.15) is 0 Å². The van der Waals surface area contributed by atoms with E-state index in [2.05, 4.69) is 26.0 Å². The molecule has 0 aliphatic heterocycles. The first-order valence-electron chi connectivity index (χ1n) is 7.08. The van der Waals surface area contributed by atoms with Crippen LogP contribution in [0, 0.1) is 0 Å². The normalized spacial score (nSPS) is 12.6. The van der Waals surface area contributed by atoms with Crippen LogP contribution in [0.3, 0.4) is 0 Å². The van der Waals surface area contributed by atoms with Crippen LogP contribution in [0.2, 0.25) is 0 Å². The molecule has 7 heteroatoms. The number of thiazole rings is 1. The minimum absolute atomic E-state index is 0.144. The molecule has 4 nitrogen and oxygen atoms in total. The maximum atomic E-state index is 12.5. The van der Waals surface area contributed by atoms with Gasteiger partial charge in [-0.1, -0.05) is 51.5 Å². The molecule has 4 rings (SSSR count). The van der Waals surface area contributed by atoms with E-state index in [0.29, 0.717) is 15.3 Å². The predicted octanol–water partition coefficient (Wildman–Crippen LogP) is 3.69. The van der Waals surface area contributed by atoms with E-state index in [1.807, 2.05) is 60.0 Å². The van der Waals surface area contributed by atoms with Gasteiger partial charge in [-0.2, -0.15) is 9.50 Å². The topological polar surface area (TPSA) is 47.3 Å². The molecule has 0 amide bonds. The Hall–Kier alpha value is -2.09. The van der Waals surface area contributed by atoms with Crippen molar-refractivity contribution in [3.05, 3.63) is 77.4 Å². The summed E-state index contributed by atoms with van der Waals surface area (Å²) < 4.78 is 2.93. The number of thiophene rings is 1. The Bertz CT molecular complexity index is 1140. The fourth-order valence-corrected chi connectivity index (χ4v) is 4.12. The van der Waals surface area contributed by atoms with Crippen LogP contribution in [0.25, 0.3) is 23.2 Å². The third kappa shape index (κ3) is 2.98. The summed E-state index contributed by atoms with van der Waals surface area (Å²) in [6.45, 7) is 0. The van der Waals surface area contributed by atoms with Gasteiger partial charge < -0.3 is 0 Å².